The maximum Gasteiger partial charge on any atom is 0.224 e. The molecule has 3 aromatic rings. The number of anilines is 1. The van der Waals surface area contributed by atoms with E-state index in [2.05, 4.69) is 91.5 Å². The Bertz CT molecular complexity index is 1160. The smallest absolute Gasteiger partial charge is 0.224 e. The molecule has 1 aliphatic heterocycles. The zero-order valence-corrected chi connectivity index (χ0v) is 20.7. The van der Waals surface area contributed by atoms with E-state index in [4.69, 9.17) is 11.8 Å². The number of nitrogens with zero attached hydrogens (tertiary/aromatic N) is 1. The lowest BCUT2D eigenvalue weighted by molar-refractivity contribution is -0.117. The van der Waals surface area contributed by atoms with Crippen molar-refractivity contribution in [3.05, 3.63) is 89.5 Å². The summed E-state index contributed by atoms with van der Waals surface area (Å²) in [6.45, 7) is 6.04. The standard InChI is InChI=1S/C28H30NOPS/c1-19-17-20(2)28-24(18-19)27-25(29(28)21(3)30)15-10-16-26(27)31(32,22-11-6-4-7-12-22)23-13-8-5-9-14-23/h4-9,11-14,17-18,25-27H,10,15-16H2,1-3H3/t25-,26-,27-/m0/s1. The Kier molecular flexibility index (Phi) is 5.60. The molecule has 3 atom stereocenters. The number of aryl methyl sites for hydroxylation is 2. The second-order valence-corrected chi connectivity index (χ2v) is 14.1. The van der Waals surface area contributed by atoms with Gasteiger partial charge < -0.3 is 4.90 Å². The van der Waals surface area contributed by atoms with Gasteiger partial charge in [-0.3, -0.25) is 4.79 Å². The second kappa shape index (κ2) is 8.28. The maximum atomic E-state index is 12.9. The molecule has 1 heterocycles. The fraction of sp³-hybridized carbons (Fsp3) is 0.321. The Hall–Kier alpha value is -2.22. The highest BCUT2D eigenvalue weighted by Crippen LogP contribution is 2.62. The minimum Gasteiger partial charge on any atom is -0.308 e. The van der Waals surface area contributed by atoms with Gasteiger partial charge in [0.15, 0.2) is 0 Å². The molecule has 0 N–H and O–H groups in total. The first-order valence-electron chi connectivity index (χ1n) is 11.5. The Morgan fingerprint density at radius 3 is 2.09 bits per heavy atom. The molecule has 0 spiro atoms. The molecule has 4 heteroatoms. The van der Waals surface area contributed by atoms with Crippen molar-refractivity contribution in [2.75, 3.05) is 4.90 Å². The van der Waals surface area contributed by atoms with E-state index in [0.717, 1.165) is 24.9 Å². The van der Waals surface area contributed by atoms with Crippen molar-refractivity contribution in [3.8, 4) is 0 Å². The zero-order valence-electron chi connectivity index (χ0n) is 19.0. The van der Waals surface area contributed by atoms with E-state index in [1.54, 1.807) is 6.92 Å². The Labute approximate surface area is 196 Å². The molecule has 3 aromatic carbocycles. The van der Waals surface area contributed by atoms with E-state index in [1.807, 2.05) is 0 Å². The van der Waals surface area contributed by atoms with Crippen LogP contribution in [0.15, 0.2) is 72.8 Å². The van der Waals surface area contributed by atoms with Gasteiger partial charge in [-0.15, -0.1) is 0 Å². The van der Waals surface area contributed by atoms with Crippen molar-refractivity contribution in [2.24, 2.45) is 0 Å². The molecule has 1 saturated carbocycles. The van der Waals surface area contributed by atoms with E-state index in [0.29, 0.717) is 5.66 Å². The van der Waals surface area contributed by atoms with Gasteiger partial charge in [0.2, 0.25) is 5.91 Å². The van der Waals surface area contributed by atoms with Crippen LogP contribution in [0.3, 0.4) is 0 Å². The van der Waals surface area contributed by atoms with Gasteiger partial charge in [-0.2, -0.15) is 0 Å². The van der Waals surface area contributed by atoms with Gasteiger partial charge >= 0.3 is 0 Å². The van der Waals surface area contributed by atoms with Crippen LogP contribution in [0.4, 0.5) is 5.69 Å². The van der Waals surface area contributed by atoms with Gasteiger partial charge in [-0.1, -0.05) is 96.6 Å². The Morgan fingerprint density at radius 1 is 0.938 bits per heavy atom. The molecular weight excluding hydrogens is 429 g/mol. The number of rotatable bonds is 3. The van der Waals surface area contributed by atoms with Crippen LogP contribution in [0.25, 0.3) is 0 Å². The molecule has 164 valence electrons. The monoisotopic (exact) mass is 459 g/mol. The third-order valence-electron chi connectivity index (χ3n) is 7.32. The van der Waals surface area contributed by atoms with Crippen LogP contribution in [-0.4, -0.2) is 17.6 Å². The number of carbonyl (C=O) groups excluding carboxylic acids is 1. The molecule has 0 unspecified atom stereocenters. The highest BCUT2D eigenvalue weighted by molar-refractivity contribution is 8.22. The minimum absolute atomic E-state index is 0.152. The fourth-order valence-electron chi connectivity index (χ4n) is 6.23. The van der Waals surface area contributed by atoms with Crippen LogP contribution in [-0.2, 0) is 16.6 Å². The van der Waals surface area contributed by atoms with E-state index in [9.17, 15) is 4.79 Å². The van der Waals surface area contributed by atoms with Crippen molar-refractivity contribution >= 4 is 40.0 Å². The van der Waals surface area contributed by atoms with Crippen LogP contribution >= 0.6 is 6.04 Å². The third-order valence-corrected chi connectivity index (χ3v) is 13.0. The number of benzene rings is 3. The highest BCUT2D eigenvalue weighted by Gasteiger charge is 2.51. The molecule has 0 aromatic heterocycles. The number of fused-ring (bicyclic) bond motifs is 3. The lowest BCUT2D eigenvalue weighted by Gasteiger charge is -2.43. The molecule has 2 nitrogen and oxygen atoms in total. The Balaban J connectivity index is 1.75. The normalized spacial score (nSPS) is 22.3. The largest absolute Gasteiger partial charge is 0.308 e. The summed E-state index contributed by atoms with van der Waals surface area (Å²) in [6, 6.07) is 24.2. The lowest BCUT2D eigenvalue weighted by atomic mass is 9.81. The summed E-state index contributed by atoms with van der Waals surface area (Å²) in [5.41, 5.74) is 5.30. The second-order valence-electron chi connectivity index (χ2n) is 9.33. The summed E-state index contributed by atoms with van der Waals surface area (Å²) < 4.78 is 0. The molecule has 32 heavy (non-hydrogen) atoms. The molecule has 1 amide bonds. The van der Waals surface area contributed by atoms with Crippen LogP contribution in [0, 0.1) is 13.8 Å². The highest BCUT2D eigenvalue weighted by atomic mass is 32.4. The van der Waals surface area contributed by atoms with Gasteiger partial charge in [0.25, 0.3) is 0 Å². The SMILES string of the molecule is CC(=O)N1c2c(C)cc(C)cc2[C@H]2[C@@H]1CCC[C@@H]2P(=S)(c1ccccc1)c1ccccc1. The van der Waals surface area contributed by atoms with Gasteiger partial charge in [0, 0.05) is 30.6 Å². The summed E-state index contributed by atoms with van der Waals surface area (Å²) in [4.78, 5) is 15.0. The lowest BCUT2D eigenvalue weighted by Crippen LogP contribution is -2.45. The van der Waals surface area contributed by atoms with E-state index < -0.39 is 6.04 Å². The van der Waals surface area contributed by atoms with E-state index >= 15 is 0 Å². The molecule has 1 fully saturated rings. The van der Waals surface area contributed by atoms with Crippen molar-refractivity contribution in [2.45, 2.75) is 57.7 Å². The molecule has 0 radical (unpaired) electrons. The molecule has 0 bridgehead atoms. The average Bonchev–Trinajstić information content (AvgIpc) is 3.15. The predicted octanol–water partition coefficient (Wildman–Crippen LogP) is 5.81. The van der Waals surface area contributed by atoms with Crippen LogP contribution in [0.1, 0.15) is 48.8 Å². The number of hydrogen-bond acceptors (Lipinski definition) is 2. The summed E-state index contributed by atoms with van der Waals surface area (Å²) in [5, 5.41) is 2.58. The Morgan fingerprint density at radius 2 is 1.53 bits per heavy atom. The summed E-state index contributed by atoms with van der Waals surface area (Å²) in [6.07, 6.45) is 3.27. The first-order valence-corrected chi connectivity index (χ1v) is 14.4. The zero-order chi connectivity index (χ0) is 22.5. The van der Waals surface area contributed by atoms with Gasteiger partial charge in [0.1, 0.15) is 0 Å². The molecular formula is C28H30NOPS. The van der Waals surface area contributed by atoms with Gasteiger partial charge in [-0.05, 0) is 48.4 Å². The predicted molar refractivity (Wildman–Crippen MR) is 140 cm³/mol. The summed E-state index contributed by atoms with van der Waals surface area (Å²) >= 11 is 6.79. The quantitative estimate of drug-likeness (QED) is 0.461. The third kappa shape index (κ3) is 3.29. The van der Waals surface area contributed by atoms with Crippen molar-refractivity contribution in [3.63, 3.8) is 0 Å². The molecule has 1 aliphatic carbocycles. The first kappa shape index (κ1) is 21.6. The molecule has 2 aliphatic rings. The average molecular weight is 460 g/mol. The van der Waals surface area contributed by atoms with E-state index in [-0.39, 0.29) is 17.9 Å². The molecule has 5 rings (SSSR count). The number of hydrogen-bond donors (Lipinski definition) is 0. The van der Waals surface area contributed by atoms with Crippen LogP contribution in [0.5, 0.6) is 0 Å². The summed E-state index contributed by atoms with van der Waals surface area (Å²) in [5.74, 6) is 0.437. The van der Waals surface area contributed by atoms with Crippen molar-refractivity contribution in [1.29, 1.82) is 0 Å². The van der Waals surface area contributed by atoms with Crippen molar-refractivity contribution < 1.29 is 4.79 Å². The summed E-state index contributed by atoms with van der Waals surface area (Å²) in [7, 11) is 0. The van der Waals surface area contributed by atoms with Crippen LogP contribution in [0.2, 0.25) is 0 Å². The number of amides is 1. The molecule has 0 saturated heterocycles. The topological polar surface area (TPSA) is 20.3 Å². The maximum absolute atomic E-state index is 12.9. The first-order chi connectivity index (χ1) is 15.4. The number of carbonyl (C=O) groups is 1. The van der Waals surface area contributed by atoms with E-state index in [1.165, 1.54) is 27.3 Å². The van der Waals surface area contributed by atoms with Gasteiger partial charge in [0.05, 0.1) is 5.69 Å². The van der Waals surface area contributed by atoms with Crippen molar-refractivity contribution in [1.82, 2.24) is 0 Å². The van der Waals surface area contributed by atoms with Gasteiger partial charge in [-0.25, -0.2) is 0 Å². The fourth-order valence-corrected chi connectivity index (χ4v) is 11.3. The minimum atomic E-state index is -2.12. The van der Waals surface area contributed by atoms with Crippen LogP contribution < -0.4 is 15.5 Å².